The number of rotatable bonds is 1. The molecule has 1 aromatic carbocycles. The molecule has 2 rings (SSSR count). The molecular weight excluding hydrogens is 256 g/mol. The summed E-state index contributed by atoms with van der Waals surface area (Å²) in [5.74, 6) is 0.122. The zero-order valence-electron chi connectivity index (χ0n) is 8.75. The fraction of sp³-hybridized carbons (Fsp3) is 0.364. The standard InChI is InChI=1S/C11H13BrN2O/c1-3-8-11(15)14(2)10-7(12)5-4-6-9(10)13-8/h4-6,8,13H,3H2,1-2H3. The van der Waals surface area contributed by atoms with Gasteiger partial charge in [-0.2, -0.15) is 0 Å². The third-order valence-electron chi connectivity index (χ3n) is 2.69. The molecule has 1 heterocycles. The summed E-state index contributed by atoms with van der Waals surface area (Å²) >= 11 is 3.46. The molecule has 1 aromatic rings. The maximum atomic E-state index is 11.9. The molecule has 15 heavy (non-hydrogen) atoms. The van der Waals surface area contributed by atoms with Crippen molar-refractivity contribution in [3.05, 3.63) is 22.7 Å². The second-order valence-corrected chi connectivity index (χ2v) is 4.49. The van der Waals surface area contributed by atoms with E-state index in [-0.39, 0.29) is 11.9 Å². The molecule has 1 unspecified atom stereocenters. The molecule has 1 amide bonds. The number of halogens is 1. The lowest BCUT2D eigenvalue weighted by molar-refractivity contribution is -0.119. The Morgan fingerprint density at radius 2 is 2.27 bits per heavy atom. The van der Waals surface area contributed by atoms with Crippen LogP contribution in [0.5, 0.6) is 0 Å². The Labute approximate surface area is 97.6 Å². The first kappa shape index (κ1) is 10.5. The molecule has 1 aliphatic heterocycles. The van der Waals surface area contributed by atoms with Crippen LogP contribution in [0.4, 0.5) is 11.4 Å². The van der Waals surface area contributed by atoms with Crippen LogP contribution in [0.1, 0.15) is 13.3 Å². The van der Waals surface area contributed by atoms with Gasteiger partial charge >= 0.3 is 0 Å². The number of amides is 1. The minimum absolute atomic E-state index is 0.100. The van der Waals surface area contributed by atoms with Crippen molar-refractivity contribution in [2.45, 2.75) is 19.4 Å². The van der Waals surface area contributed by atoms with Gasteiger partial charge in [-0.25, -0.2) is 0 Å². The lowest BCUT2D eigenvalue weighted by Crippen LogP contribution is -2.44. The molecule has 80 valence electrons. The molecule has 0 spiro atoms. The number of hydrogen-bond donors (Lipinski definition) is 1. The van der Waals surface area contributed by atoms with Crippen molar-refractivity contribution < 1.29 is 4.79 Å². The highest BCUT2D eigenvalue weighted by molar-refractivity contribution is 9.10. The highest BCUT2D eigenvalue weighted by atomic mass is 79.9. The van der Waals surface area contributed by atoms with E-state index in [2.05, 4.69) is 21.2 Å². The third kappa shape index (κ3) is 1.63. The Bertz CT molecular complexity index is 406. The number of carbonyl (C=O) groups is 1. The first-order valence-corrected chi connectivity index (χ1v) is 5.77. The van der Waals surface area contributed by atoms with Crippen LogP contribution >= 0.6 is 15.9 Å². The van der Waals surface area contributed by atoms with E-state index in [1.54, 1.807) is 4.90 Å². The summed E-state index contributed by atoms with van der Waals surface area (Å²) < 4.78 is 0.943. The van der Waals surface area contributed by atoms with Crippen LogP contribution in [0.25, 0.3) is 0 Å². The summed E-state index contributed by atoms with van der Waals surface area (Å²) in [6.45, 7) is 2.01. The summed E-state index contributed by atoms with van der Waals surface area (Å²) in [4.78, 5) is 13.6. The largest absolute Gasteiger partial charge is 0.372 e. The third-order valence-corrected chi connectivity index (χ3v) is 3.33. The van der Waals surface area contributed by atoms with Crippen molar-refractivity contribution in [1.82, 2.24) is 0 Å². The molecule has 0 radical (unpaired) electrons. The Kier molecular flexibility index (Phi) is 2.69. The first-order chi connectivity index (χ1) is 7.15. The maximum Gasteiger partial charge on any atom is 0.249 e. The molecule has 0 bridgehead atoms. The van der Waals surface area contributed by atoms with Gasteiger partial charge in [-0.05, 0) is 34.5 Å². The molecule has 0 saturated carbocycles. The number of fused-ring (bicyclic) bond motifs is 1. The highest BCUT2D eigenvalue weighted by Crippen LogP contribution is 2.37. The lowest BCUT2D eigenvalue weighted by atomic mass is 10.1. The monoisotopic (exact) mass is 268 g/mol. The van der Waals surface area contributed by atoms with Gasteiger partial charge < -0.3 is 10.2 Å². The molecule has 0 saturated heterocycles. The summed E-state index contributed by atoms with van der Waals surface area (Å²) in [5.41, 5.74) is 1.94. The van der Waals surface area contributed by atoms with Crippen LogP contribution in [0.2, 0.25) is 0 Å². The maximum absolute atomic E-state index is 11.9. The Hall–Kier alpha value is -1.03. The summed E-state index contributed by atoms with van der Waals surface area (Å²) in [5, 5.41) is 3.25. The predicted octanol–water partition coefficient (Wildman–Crippen LogP) is 2.62. The van der Waals surface area contributed by atoms with E-state index in [1.165, 1.54) is 0 Å². The number of nitrogens with zero attached hydrogens (tertiary/aromatic N) is 1. The minimum Gasteiger partial charge on any atom is -0.372 e. The summed E-state index contributed by atoms with van der Waals surface area (Å²) in [7, 11) is 1.81. The van der Waals surface area contributed by atoms with Gasteiger partial charge in [0.05, 0.1) is 11.4 Å². The van der Waals surface area contributed by atoms with Crippen LogP contribution in [0.15, 0.2) is 22.7 Å². The SMILES string of the molecule is CCC1Nc2cccc(Br)c2N(C)C1=O. The fourth-order valence-corrected chi connectivity index (χ4v) is 2.47. The normalized spacial score (nSPS) is 19.8. The number of likely N-dealkylation sites (N-methyl/N-ethyl adjacent to an activating group) is 1. The molecule has 1 aliphatic rings. The van der Waals surface area contributed by atoms with E-state index in [0.717, 1.165) is 22.3 Å². The second-order valence-electron chi connectivity index (χ2n) is 3.64. The number of benzene rings is 1. The van der Waals surface area contributed by atoms with Gasteiger partial charge in [0, 0.05) is 11.5 Å². The van der Waals surface area contributed by atoms with Crippen molar-refractivity contribution in [2.75, 3.05) is 17.3 Å². The van der Waals surface area contributed by atoms with Crippen molar-refractivity contribution >= 4 is 33.2 Å². The predicted molar refractivity (Wildman–Crippen MR) is 65.3 cm³/mol. The summed E-state index contributed by atoms with van der Waals surface area (Å²) in [6, 6.07) is 5.80. The Morgan fingerprint density at radius 3 is 2.93 bits per heavy atom. The van der Waals surface area contributed by atoms with Gasteiger partial charge in [0.2, 0.25) is 5.91 Å². The fourth-order valence-electron chi connectivity index (χ4n) is 1.84. The van der Waals surface area contributed by atoms with E-state index in [4.69, 9.17) is 0 Å². The lowest BCUT2D eigenvalue weighted by Gasteiger charge is -2.33. The van der Waals surface area contributed by atoms with Gasteiger partial charge in [0.25, 0.3) is 0 Å². The van der Waals surface area contributed by atoms with E-state index in [9.17, 15) is 4.79 Å². The van der Waals surface area contributed by atoms with Crippen LogP contribution in [-0.2, 0) is 4.79 Å². The van der Waals surface area contributed by atoms with Crippen molar-refractivity contribution in [3.8, 4) is 0 Å². The highest BCUT2D eigenvalue weighted by Gasteiger charge is 2.29. The average molecular weight is 269 g/mol. The molecule has 0 aliphatic carbocycles. The zero-order chi connectivity index (χ0) is 11.0. The van der Waals surface area contributed by atoms with Gasteiger partial charge in [-0.15, -0.1) is 0 Å². The number of hydrogen-bond acceptors (Lipinski definition) is 2. The van der Waals surface area contributed by atoms with E-state index < -0.39 is 0 Å². The number of carbonyl (C=O) groups excluding carboxylic acids is 1. The number of para-hydroxylation sites is 1. The van der Waals surface area contributed by atoms with E-state index in [1.807, 2.05) is 32.2 Å². The number of anilines is 2. The quantitative estimate of drug-likeness (QED) is 0.850. The van der Waals surface area contributed by atoms with Crippen molar-refractivity contribution in [1.29, 1.82) is 0 Å². The second kappa shape index (κ2) is 3.85. The van der Waals surface area contributed by atoms with E-state index >= 15 is 0 Å². The van der Waals surface area contributed by atoms with Crippen LogP contribution in [0.3, 0.4) is 0 Å². The molecule has 0 aromatic heterocycles. The Morgan fingerprint density at radius 1 is 1.53 bits per heavy atom. The van der Waals surface area contributed by atoms with Gasteiger partial charge in [0.1, 0.15) is 6.04 Å². The van der Waals surface area contributed by atoms with Crippen LogP contribution in [0, 0.1) is 0 Å². The average Bonchev–Trinajstić information content (AvgIpc) is 2.23. The molecule has 4 heteroatoms. The number of nitrogens with one attached hydrogen (secondary N) is 1. The Balaban J connectivity index is 2.50. The summed E-state index contributed by atoms with van der Waals surface area (Å²) in [6.07, 6.45) is 0.801. The molecule has 0 fully saturated rings. The van der Waals surface area contributed by atoms with Crippen molar-refractivity contribution in [3.63, 3.8) is 0 Å². The van der Waals surface area contributed by atoms with E-state index in [0.29, 0.717) is 0 Å². The first-order valence-electron chi connectivity index (χ1n) is 4.97. The molecule has 1 atom stereocenters. The minimum atomic E-state index is -0.100. The van der Waals surface area contributed by atoms with Crippen molar-refractivity contribution in [2.24, 2.45) is 0 Å². The zero-order valence-corrected chi connectivity index (χ0v) is 10.3. The molecular formula is C11H13BrN2O. The van der Waals surface area contributed by atoms with Crippen LogP contribution < -0.4 is 10.2 Å². The van der Waals surface area contributed by atoms with Gasteiger partial charge in [-0.3, -0.25) is 4.79 Å². The van der Waals surface area contributed by atoms with Crippen LogP contribution in [-0.4, -0.2) is 19.0 Å². The molecule has 3 nitrogen and oxygen atoms in total. The smallest absolute Gasteiger partial charge is 0.249 e. The van der Waals surface area contributed by atoms with Gasteiger partial charge in [0.15, 0.2) is 0 Å². The topological polar surface area (TPSA) is 32.3 Å². The molecule has 1 N–H and O–H groups in total. The van der Waals surface area contributed by atoms with Gasteiger partial charge in [-0.1, -0.05) is 13.0 Å².